The molecule has 7 N–H and O–H groups in total. The maximum absolute atomic E-state index is 13.1. The zero-order valence-electron chi connectivity index (χ0n) is 46.9. The van der Waals surface area contributed by atoms with Crippen LogP contribution in [0, 0.1) is 0 Å². The van der Waals surface area contributed by atoms with Gasteiger partial charge in [0, 0.05) is 12.8 Å². The van der Waals surface area contributed by atoms with Crippen LogP contribution in [0.15, 0.2) is 0 Å². The molecule has 0 radical (unpaired) electrons. The van der Waals surface area contributed by atoms with Crippen LogP contribution in [0.2, 0.25) is 0 Å². The van der Waals surface area contributed by atoms with Crippen LogP contribution in [0.25, 0.3) is 0 Å². The van der Waals surface area contributed by atoms with Gasteiger partial charge in [-0.25, -0.2) is 0 Å². The van der Waals surface area contributed by atoms with Crippen LogP contribution in [0.3, 0.4) is 0 Å². The molecule has 2 aliphatic heterocycles. The molecular formula is C59H112O15. The highest BCUT2D eigenvalue weighted by Gasteiger charge is 2.47. The quantitative estimate of drug-likeness (QED) is 0.0222. The van der Waals surface area contributed by atoms with Crippen molar-refractivity contribution in [2.24, 2.45) is 0 Å². The van der Waals surface area contributed by atoms with E-state index in [9.17, 15) is 45.3 Å². The second kappa shape index (κ2) is 46.4. The topological polar surface area (TPSA) is 231 Å². The highest BCUT2D eigenvalue weighted by molar-refractivity contribution is 5.70. The van der Waals surface area contributed by atoms with Crippen LogP contribution in [0.1, 0.15) is 271 Å². The van der Waals surface area contributed by atoms with Crippen LogP contribution in [-0.4, -0.2) is 142 Å². The fourth-order valence-electron chi connectivity index (χ4n) is 10.1. The second-order valence-electron chi connectivity index (χ2n) is 21.9. The molecule has 0 saturated carbocycles. The number of ether oxygens (including phenoxy) is 6. The minimum absolute atomic E-state index is 0.174. The van der Waals surface area contributed by atoms with Gasteiger partial charge in [-0.15, -0.1) is 0 Å². The summed E-state index contributed by atoms with van der Waals surface area (Å²) in [5, 5.41) is 72.3. The molecule has 0 bridgehead atoms. The number of carbonyl (C=O) groups is 2. The van der Waals surface area contributed by atoms with Crippen molar-refractivity contribution < 1.29 is 73.8 Å². The molecule has 0 aromatic rings. The van der Waals surface area contributed by atoms with Crippen molar-refractivity contribution >= 4 is 11.9 Å². The lowest BCUT2D eigenvalue weighted by atomic mass is 9.98. The molecule has 15 nitrogen and oxygen atoms in total. The number of hydrogen-bond acceptors (Lipinski definition) is 15. The first-order chi connectivity index (χ1) is 36.0. The zero-order chi connectivity index (χ0) is 53.9. The van der Waals surface area contributed by atoms with E-state index in [1.54, 1.807) is 0 Å². The first kappa shape index (κ1) is 68.6. The van der Waals surface area contributed by atoms with Gasteiger partial charge in [0.15, 0.2) is 18.7 Å². The van der Waals surface area contributed by atoms with E-state index in [-0.39, 0.29) is 26.1 Å². The Balaban J connectivity index is 1.72. The Bertz CT molecular complexity index is 1290. The number of esters is 2. The number of unbranched alkanes of at least 4 members (excludes halogenated alkanes) is 36. The minimum Gasteiger partial charge on any atom is -0.462 e. The molecule has 0 amide bonds. The number of aliphatic hydroxyl groups is 7. The summed E-state index contributed by atoms with van der Waals surface area (Å²) in [5.41, 5.74) is 0. The summed E-state index contributed by atoms with van der Waals surface area (Å²) in [4.78, 5) is 25.9. The van der Waals surface area contributed by atoms with Gasteiger partial charge in [0.2, 0.25) is 0 Å². The molecule has 11 atom stereocenters. The average molecular weight is 1060 g/mol. The average Bonchev–Trinajstić information content (AvgIpc) is 3.39. The number of carbonyl (C=O) groups excluding carboxylic acids is 2. The van der Waals surface area contributed by atoms with Crippen molar-refractivity contribution in [2.45, 2.75) is 338 Å². The van der Waals surface area contributed by atoms with Gasteiger partial charge >= 0.3 is 11.9 Å². The first-order valence-corrected chi connectivity index (χ1v) is 30.6. The molecule has 2 fully saturated rings. The highest BCUT2D eigenvalue weighted by Crippen LogP contribution is 2.27. The summed E-state index contributed by atoms with van der Waals surface area (Å²) >= 11 is 0. The SMILES string of the molecule is CCCCCCCCCCCCCCCCCCCCCCC(=O)O[C@H](COC(=O)CCCCCCCCCCCCCCCCCCCC)CO[C@H]1O[C@@H](CO[C@H]2O[C@@H](CO)[C@@H](O)C(O)C2O)[C@@H](O)C(O)C1O. The molecule has 2 heterocycles. The fourth-order valence-corrected chi connectivity index (χ4v) is 10.1. The van der Waals surface area contributed by atoms with E-state index >= 15 is 0 Å². The molecule has 2 saturated heterocycles. The Labute approximate surface area is 448 Å². The van der Waals surface area contributed by atoms with E-state index in [0.29, 0.717) is 12.8 Å². The van der Waals surface area contributed by atoms with Gasteiger partial charge in [0.25, 0.3) is 0 Å². The summed E-state index contributed by atoms with van der Waals surface area (Å²) in [6, 6.07) is 0. The predicted molar refractivity (Wildman–Crippen MR) is 289 cm³/mol. The lowest BCUT2D eigenvalue weighted by Crippen LogP contribution is -2.61. The minimum atomic E-state index is -1.76. The maximum Gasteiger partial charge on any atom is 0.306 e. The van der Waals surface area contributed by atoms with E-state index in [1.807, 2.05) is 0 Å². The molecule has 0 aliphatic carbocycles. The molecule has 2 aliphatic rings. The normalized spacial score (nSPS) is 24.6. The smallest absolute Gasteiger partial charge is 0.306 e. The zero-order valence-corrected chi connectivity index (χ0v) is 46.9. The predicted octanol–water partition coefficient (Wildman–Crippen LogP) is 10.7. The van der Waals surface area contributed by atoms with Gasteiger partial charge in [-0.1, -0.05) is 245 Å². The Morgan fingerprint density at radius 1 is 0.378 bits per heavy atom. The van der Waals surface area contributed by atoms with Crippen LogP contribution in [0.5, 0.6) is 0 Å². The van der Waals surface area contributed by atoms with Crippen LogP contribution < -0.4 is 0 Å². The van der Waals surface area contributed by atoms with Gasteiger partial charge < -0.3 is 64.2 Å². The van der Waals surface area contributed by atoms with Crippen LogP contribution >= 0.6 is 0 Å². The van der Waals surface area contributed by atoms with Gasteiger partial charge in [-0.3, -0.25) is 9.59 Å². The first-order valence-electron chi connectivity index (χ1n) is 30.6. The van der Waals surface area contributed by atoms with Crippen LogP contribution in [0.4, 0.5) is 0 Å². The Kier molecular flexibility index (Phi) is 43.0. The van der Waals surface area contributed by atoms with E-state index in [1.165, 1.54) is 193 Å². The summed E-state index contributed by atoms with van der Waals surface area (Å²) in [6.45, 7) is 2.67. The summed E-state index contributed by atoms with van der Waals surface area (Å²) in [5.74, 6) is -0.901. The maximum atomic E-state index is 13.1. The van der Waals surface area contributed by atoms with Crippen molar-refractivity contribution in [3.63, 3.8) is 0 Å². The molecule has 0 aromatic heterocycles. The van der Waals surface area contributed by atoms with Crippen molar-refractivity contribution in [2.75, 3.05) is 26.4 Å². The number of hydrogen-bond donors (Lipinski definition) is 7. The van der Waals surface area contributed by atoms with Crippen molar-refractivity contribution in [3.05, 3.63) is 0 Å². The molecule has 2 rings (SSSR count). The van der Waals surface area contributed by atoms with E-state index in [2.05, 4.69) is 13.8 Å². The van der Waals surface area contributed by atoms with Crippen LogP contribution in [-0.2, 0) is 38.0 Å². The Hall–Kier alpha value is -1.50. The summed E-state index contributed by atoms with van der Waals surface area (Å²) in [6.07, 6.45) is 31.2. The standard InChI is InChI=1S/C59H112O15/c1-3-5-7-9-11-13-15-17-19-21-23-24-26-28-30-32-34-36-38-40-42-51(62)72-47(44-69-50(61)41-39-37-35-33-31-29-27-25-22-20-18-16-14-12-10-8-6-4-2)45-70-58-57(68)55(66)53(64)49(74-58)46-71-59-56(67)54(65)52(63)48(43-60)73-59/h47-49,52-60,63-68H,3-46H2,1-2H3/t47-,48+,49+,52-,53-,54?,55?,56?,57?,58+,59+/m1/s1. The second-order valence-corrected chi connectivity index (χ2v) is 21.9. The van der Waals surface area contributed by atoms with Gasteiger partial charge in [-0.2, -0.15) is 0 Å². The van der Waals surface area contributed by atoms with Crippen molar-refractivity contribution in [3.8, 4) is 0 Å². The third-order valence-electron chi connectivity index (χ3n) is 15.1. The lowest BCUT2D eigenvalue weighted by Gasteiger charge is -2.42. The van der Waals surface area contributed by atoms with Gasteiger partial charge in [0.1, 0.15) is 55.4 Å². The largest absolute Gasteiger partial charge is 0.462 e. The Morgan fingerprint density at radius 2 is 0.689 bits per heavy atom. The molecule has 0 aromatic carbocycles. The highest BCUT2D eigenvalue weighted by atomic mass is 16.7. The van der Waals surface area contributed by atoms with Crippen molar-refractivity contribution in [1.82, 2.24) is 0 Å². The number of aliphatic hydroxyl groups excluding tert-OH is 7. The molecule has 0 spiro atoms. The molecule has 4 unspecified atom stereocenters. The van der Waals surface area contributed by atoms with Gasteiger partial charge in [0.05, 0.1) is 19.8 Å². The summed E-state index contributed by atoms with van der Waals surface area (Å²) in [7, 11) is 0. The molecular weight excluding hydrogens is 949 g/mol. The lowest BCUT2D eigenvalue weighted by molar-refractivity contribution is -0.332. The van der Waals surface area contributed by atoms with E-state index in [4.69, 9.17) is 28.4 Å². The van der Waals surface area contributed by atoms with E-state index < -0.39 is 92.7 Å². The molecule has 15 heteroatoms. The monoisotopic (exact) mass is 1060 g/mol. The number of rotatable bonds is 50. The Morgan fingerprint density at radius 3 is 1.05 bits per heavy atom. The molecule has 74 heavy (non-hydrogen) atoms. The fraction of sp³-hybridized carbons (Fsp3) is 0.966. The molecule has 438 valence electrons. The van der Waals surface area contributed by atoms with Gasteiger partial charge in [-0.05, 0) is 12.8 Å². The third kappa shape index (κ3) is 33.1. The van der Waals surface area contributed by atoms with Crippen molar-refractivity contribution in [1.29, 1.82) is 0 Å². The van der Waals surface area contributed by atoms with E-state index in [0.717, 1.165) is 38.5 Å². The summed E-state index contributed by atoms with van der Waals surface area (Å²) < 4.78 is 33.8. The third-order valence-corrected chi connectivity index (χ3v) is 15.1.